The molecule has 120 valence electrons. The van der Waals surface area contributed by atoms with Gasteiger partial charge in [-0.1, -0.05) is 6.07 Å². The minimum absolute atomic E-state index is 0.123. The summed E-state index contributed by atoms with van der Waals surface area (Å²) in [6.07, 6.45) is 2.16. The van der Waals surface area contributed by atoms with Crippen molar-refractivity contribution < 1.29 is 14.3 Å². The van der Waals surface area contributed by atoms with E-state index in [1.54, 1.807) is 36.2 Å². The van der Waals surface area contributed by atoms with Crippen molar-refractivity contribution in [2.75, 3.05) is 32.1 Å². The summed E-state index contributed by atoms with van der Waals surface area (Å²) >= 11 is 0. The molecule has 6 heteroatoms. The van der Waals surface area contributed by atoms with Crippen LogP contribution in [0.2, 0.25) is 0 Å². The molecule has 0 aliphatic carbocycles. The summed E-state index contributed by atoms with van der Waals surface area (Å²) in [5.74, 6) is -0.147. The van der Waals surface area contributed by atoms with Crippen molar-refractivity contribution in [2.24, 2.45) is 0 Å². The van der Waals surface area contributed by atoms with Crippen molar-refractivity contribution >= 4 is 17.6 Å². The van der Waals surface area contributed by atoms with E-state index in [1.165, 1.54) is 0 Å². The SMILES string of the molecule is CCNC(=O)c1cccc(NC(=O)N(C)C[C@H]2CCCO2)c1. The van der Waals surface area contributed by atoms with Crippen molar-refractivity contribution in [1.29, 1.82) is 0 Å². The Morgan fingerprint density at radius 2 is 2.23 bits per heavy atom. The molecule has 3 amide bonds. The molecule has 1 heterocycles. The van der Waals surface area contributed by atoms with Crippen molar-refractivity contribution in [2.45, 2.75) is 25.9 Å². The number of urea groups is 1. The molecule has 1 aromatic rings. The molecule has 6 nitrogen and oxygen atoms in total. The number of amides is 3. The molecule has 2 N–H and O–H groups in total. The third-order valence-electron chi connectivity index (χ3n) is 3.56. The Morgan fingerprint density at radius 1 is 1.41 bits per heavy atom. The number of nitrogens with zero attached hydrogens (tertiary/aromatic N) is 1. The van der Waals surface area contributed by atoms with E-state index < -0.39 is 0 Å². The van der Waals surface area contributed by atoms with E-state index in [0.717, 1.165) is 19.4 Å². The number of carbonyl (C=O) groups is 2. The highest BCUT2D eigenvalue weighted by molar-refractivity contribution is 5.96. The summed E-state index contributed by atoms with van der Waals surface area (Å²) in [6.45, 7) is 3.78. The van der Waals surface area contributed by atoms with E-state index in [9.17, 15) is 9.59 Å². The first-order valence-corrected chi connectivity index (χ1v) is 7.62. The van der Waals surface area contributed by atoms with E-state index in [2.05, 4.69) is 10.6 Å². The number of carbonyl (C=O) groups excluding carboxylic acids is 2. The average molecular weight is 305 g/mol. The molecular formula is C16H23N3O3. The first kappa shape index (κ1) is 16.3. The van der Waals surface area contributed by atoms with Crippen LogP contribution in [0.4, 0.5) is 10.5 Å². The zero-order valence-corrected chi connectivity index (χ0v) is 13.1. The molecule has 1 aliphatic heterocycles. The van der Waals surface area contributed by atoms with Gasteiger partial charge in [0.1, 0.15) is 0 Å². The highest BCUT2D eigenvalue weighted by Crippen LogP contribution is 2.14. The van der Waals surface area contributed by atoms with Crippen molar-refractivity contribution in [3.05, 3.63) is 29.8 Å². The molecule has 1 atom stereocenters. The maximum Gasteiger partial charge on any atom is 0.321 e. The van der Waals surface area contributed by atoms with Crippen LogP contribution in [0.3, 0.4) is 0 Å². The van der Waals surface area contributed by atoms with Crippen LogP contribution < -0.4 is 10.6 Å². The predicted octanol–water partition coefficient (Wildman–Crippen LogP) is 2.08. The summed E-state index contributed by atoms with van der Waals surface area (Å²) in [7, 11) is 1.74. The van der Waals surface area contributed by atoms with Crippen LogP contribution in [-0.4, -0.2) is 49.7 Å². The number of anilines is 1. The maximum absolute atomic E-state index is 12.2. The first-order chi connectivity index (χ1) is 10.6. The first-order valence-electron chi connectivity index (χ1n) is 7.62. The normalized spacial score (nSPS) is 17.1. The minimum Gasteiger partial charge on any atom is -0.376 e. The Hall–Kier alpha value is -2.08. The molecule has 0 spiro atoms. The van der Waals surface area contributed by atoms with Crippen molar-refractivity contribution in [3.8, 4) is 0 Å². The summed E-state index contributed by atoms with van der Waals surface area (Å²) in [4.78, 5) is 25.6. The lowest BCUT2D eigenvalue weighted by Gasteiger charge is -2.21. The zero-order chi connectivity index (χ0) is 15.9. The third-order valence-corrected chi connectivity index (χ3v) is 3.56. The van der Waals surface area contributed by atoms with Gasteiger partial charge in [-0.2, -0.15) is 0 Å². The average Bonchev–Trinajstić information content (AvgIpc) is 3.00. The van der Waals surface area contributed by atoms with Crippen molar-refractivity contribution in [1.82, 2.24) is 10.2 Å². The molecule has 0 saturated carbocycles. The lowest BCUT2D eigenvalue weighted by Crippen LogP contribution is -2.37. The quantitative estimate of drug-likeness (QED) is 0.875. The van der Waals surface area contributed by atoms with Crippen LogP contribution in [0, 0.1) is 0 Å². The summed E-state index contributed by atoms with van der Waals surface area (Å²) in [6, 6.07) is 6.70. The van der Waals surface area contributed by atoms with Gasteiger partial charge in [-0.3, -0.25) is 4.79 Å². The number of ether oxygens (including phenoxy) is 1. The van der Waals surface area contributed by atoms with Crippen LogP contribution in [0.5, 0.6) is 0 Å². The molecule has 1 saturated heterocycles. The van der Waals surface area contributed by atoms with Gasteiger partial charge in [0.2, 0.25) is 0 Å². The van der Waals surface area contributed by atoms with Gasteiger partial charge in [0.25, 0.3) is 5.91 Å². The Labute approximate surface area is 130 Å². The van der Waals surface area contributed by atoms with Gasteiger partial charge in [0.15, 0.2) is 0 Å². The Kier molecular flexibility index (Phi) is 5.77. The fourth-order valence-corrected chi connectivity index (χ4v) is 2.40. The molecule has 22 heavy (non-hydrogen) atoms. The van der Waals surface area contributed by atoms with E-state index in [0.29, 0.717) is 24.3 Å². The highest BCUT2D eigenvalue weighted by Gasteiger charge is 2.20. The number of hydrogen-bond acceptors (Lipinski definition) is 3. The molecule has 2 rings (SSSR count). The number of nitrogens with one attached hydrogen (secondary N) is 2. The van der Waals surface area contributed by atoms with Crippen LogP contribution in [0.1, 0.15) is 30.1 Å². The smallest absolute Gasteiger partial charge is 0.321 e. The second-order valence-electron chi connectivity index (χ2n) is 5.39. The van der Waals surface area contributed by atoms with Crippen LogP contribution in [-0.2, 0) is 4.74 Å². The molecule has 0 radical (unpaired) electrons. The van der Waals surface area contributed by atoms with E-state index in [1.807, 2.05) is 6.92 Å². The van der Waals surface area contributed by atoms with Gasteiger partial charge < -0.3 is 20.3 Å². The second-order valence-corrected chi connectivity index (χ2v) is 5.39. The minimum atomic E-state index is -0.205. The molecule has 1 fully saturated rings. The van der Waals surface area contributed by atoms with Gasteiger partial charge >= 0.3 is 6.03 Å². The molecule has 1 aromatic carbocycles. The fraction of sp³-hybridized carbons (Fsp3) is 0.500. The molecule has 0 bridgehead atoms. The van der Waals surface area contributed by atoms with Crippen LogP contribution in [0.25, 0.3) is 0 Å². The highest BCUT2D eigenvalue weighted by atomic mass is 16.5. The molecule has 0 aromatic heterocycles. The van der Waals surface area contributed by atoms with Crippen molar-refractivity contribution in [3.63, 3.8) is 0 Å². The van der Waals surface area contributed by atoms with Gasteiger partial charge in [-0.05, 0) is 38.0 Å². The Morgan fingerprint density at radius 3 is 2.91 bits per heavy atom. The molecule has 1 aliphatic rings. The van der Waals surface area contributed by atoms with E-state index >= 15 is 0 Å². The van der Waals surface area contributed by atoms with Gasteiger partial charge in [-0.25, -0.2) is 4.79 Å². The van der Waals surface area contributed by atoms with E-state index in [-0.39, 0.29) is 18.0 Å². The van der Waals surface area contributed by atoms with Gasteiger partial charge in [0, 0.05) is 38.0 Å². The Bertz CT molecular complexity index is 527. The largest absolute Gasteiger partial charge is 0.376 e. The topological polar surface area (TPSA) is 70.7 Å². The standard InChI is InChI=1S/C16H23N3O3/c1-3-17-15(20)12-6-4-7-13(10-12)18-16(21)19(2)11-14-8-5-9-22-14/h4,6-7,10,14H,3,5,8-9,11H2,1-2H3,(H,17,20)(H,18,21)/t14-/m1/s1. The summed E-state index contributed by atoms with van der Waals surface area (Å²) < 4.78 is 5.53. The molecule has 0 unspecified atom stereocenters. The number of likely N-dealkylation sites (N-methyl/N-ethyl adjacent to an activating group) is 1. The monoisotopic (exact) mass is 305 g/mol. The number of hydrogen-bond donors (Lipinski definition) is 2. The summed E-state index contributed by atoms with van der Waals surface area (Å²) in [5.41, 5.74) is 1.13. The maximum atomic E-state index is 12.2. The number of benzene rings is 1. The zero-order valence-electron chi connectivity index (χ0n) is 13.1. The van der Waals surface area contributed by atoms with Gasteiger partial charge in [0.05, 0.1) is 6.10 Å². The third kappa shape index (κ3) is 4.46. The second kappa shape index (κ2) is 7.79. The molecular weight excluding hydrogens is 282 g/mol. The fourth-order valence-electron chi connectivity index (χ4n) is 2.40. The van der Waals surface area contributed by atoms with Crippen LogP contribution >= 0.6 is 0 Å². The lowest BCUT2D eigenvalue weighted by atomic mass is 10.2. The number of rotatable bonds is 5. The van der Waals surface area contributed by atoms with Gasteiger partial charge in [-0.15, -0.1) is 0 Å². The summed E-state index contributed by atoms with van der Waals surface area (Å²) in [5, 5.41) is 5.54. The van der Waals surface area contributed by atoms with E-state index in [4.69, 9.17) is 4.74 Å². The van der Waals surface area contributed by atoms with Crippen LogP contribution in [0.15, 0.2) is 24.3 Å². The Balaban J connectivity index is 1.92. The predicted molar refractivity (Wildman–Crippen MR) is 85.1 cm³/mol. The lowest BCUT2D eigenvalue weighted by molar-refractivity contribution is 0.0894.